The van der Waals surface area contributed by atoms with E-state index >= 15 is 0 Å². The number of piperidine rings is 1. The average Bonchev–Trinajstić information content (AvgIpc) is 3.11. The Morgan fingerprint density at radius 3 is 2.57 bits per heavy atom. The predicted octanol–water partition coefficient (Wildman–Crippen LogP) is 0.888. The van der Waals surface area contributed by atoms with E-state index in [2.05, 4.69) is 29.8 Å². The van der Waals surface area contributed by atoms with E-state index in [1.807, 2.05) is 0 Å². The summed E-state index contributed by atoms with van der Waals surface area (Å²) in [5.41, 5.74) is 1.62. The maximum atomic E-state index is 12.8. The number of carbonyl (C=O) groups is 4. The van der Waals surface area contributed by atoms with Gasteiger partial charge in [0.05, 0.1) is 11.1 Å². The lowest BCUT2D eigenvalue weighted by atomic mass is 9.90. The summed E-state index contributed by atoms with van der Waals surface area (Å²) in [4.78, 5) is 50.0. The average molecular weight is 384 g/mol. The van der Waals surface area contributed by atoms with Gasteiger partial charge in [-0.1, -0.05) is 13.8 Å². The van der Waals surface area contributed by atoms with Crippen LogP contribution in [0.2, 0.25) is 0 Å². The first-order valence-corrected chi connectivity index (χ1v) is 9.58. The molecule has 0 spiro atoms. The molecule has 3 aliphatic rings. The van der Waals surface area contributed by atoms with Crippen LogP contribution in [-0.2, 0) is 9.59 Å². The summed E-state index contributed by atoms with van der Waals surface area (Å²) >= 11 is 0. The third kappa shape index (κ3) is 3.28. The molecule has 1 aromatic rings. The van der Waals surface area contributed by atoms with Crippen molar-refractivity contribution in [2.24, 2.45) is 5.41 Å². The van der Waals surface area contributed by atoms with E-state index < -0.39 is 23.8 Å². The normalized spacial score (nSPS) is 26.4. The molecule has 8 heteroatoms. The van der Waals surface area contributed by atoms with Crippen LogP contribution in [0.4, 0.5) is 5.69 Å². The SMILES string of the molecule is CC1(C)CNC(CNc2ccc3c(c2)C(=O)N(C2CCC(=O)NC2=O)C3=O)C1. The van der Waals surface area contributed by atoms with Crippen molar-refractivity contribution in [3.05, 3.63) is 29.3 Å². The molecule has 1 aromatic carbocycles. The third-order valence-electron chi connectivity index (χ3n) is 5.66. The monoisotopic (exact) mass is 384 g/mol. The first-order chi connectivity index (χ1) is 13.2. The zero-order valence-corrected chi connectivity index (χ0v) is 16.0. The Labute approximate surface area is 163 Å². The fourth-order valence-corrected chi connectivity index (χ4v) is 4.20. The molecule has 2 fully saturated rings. The molecule has 4 amide bonds. The second kappa shape index (κ2) is 6.70. The van der Waals surface area contributed by atoms with Crippen molar-refractivity contribution in [3.8, 4) is 0 Å². The number of amides is 4. The molecule has 0 saturated carbocycles. The number of benzene rings is 1. The second-order valence-corrected chi connectivity index (χ2v) is 8.53. The minimum absolute atomic E-state index is 0.112. The summed E-state index contributed by atoms with van der Waals surface area (Å²) in [6, 6.07) is 4.47. The fourth-order valence-electron chi connectivity index (χ4n) is 4.20. The van der Waals surface area contributed by atoms with Crippen LogP contribution in [0.5, 0.6) is 0 Å². The summed E-state index contributed by atoms with van der Waals surface area (Å²) in [7, 11) is 0. The van der Waals surface area contributed by atoms with Gasteiger partial charge in [0.1, 0.15) is 6.04 Å². The highest BCUT2D eigenvalue weighted by atomic mass is 16.2. The molecule has 28 heavy (non-hydrogen) atoms. The maximum absolute atomic E-state index is 12.8. The van der Waals surface area contributed by atoms with E-state index in [1.165, 1.54) is 0 Å². The van der Waals surface area contributed by atoms with Crippen molar-refractivity contribution < 1.29 is 19.2 Å². The van der Waals surface area contributed by atoms with Gasteiger partial charge in [-0.15, -0.1) is 0 Å². The number of nitrogens with one attached hydrogen (secondary N) is 3. The first-order valence-electron chi connectivity index (χ1n) is 9.58. The Morgan fingerprint density at radius 1 is 1.14 bits per heavy atom. The molecule has 2 atom stereocenters. The maximum Gasteiger partial charge on any atom is 0.262 e. The van der Waals surface area contributed by atoms with Gasteiger partial charge in [0.15, 0.2) is 0 Å². The zero-order chi connectivity index (χ0) is 20.1. The van der Waals surface area contributed by atoms with Crippen molar-refractivity contribution in [3.63, 3.8) is 0 Å². The lowest BCUT2D eigenvalue weighted by Gasteiger charge is -2.27. The highest BCUT2D eigenvalue weighted by Gasteiger charge is 2.44. The zero-order valence-electron chi connectivity index (χ0n) is 16.0. The summed E-state index contributed by atoms with van der Waals surface area (Å²) < 4.78 is 0. The van der Waals surface area contributed by atoms with Crippen LogP contribution in [0.15, 0.2) is 18.2 Å². The van der Waals surface area contributed by atoms with E-state index in [4.69, 9.17) is 0 Å². The van der Waals surface area contributed by atoms with Gasteiger partial charge < -0.3 is 10.6 Å². The van der Waals surface area contributed by atoms with Crippen molar-refractivity contribution in [1.82, 2.24) is 15.5 Å². The molecule has 3 N–H and O–H groups in total. The highest BCUT2D eigenvalue weighted by molar-refractivity contribution is 6.23. The summed E-state index contributed by atoms with van der Waals surface area (Å²) in [5, 5.41) is 9.01. The van der Waals surface area contributed by atoms with Crippen molar-refractivity contribution in [1.29, 1.82) is 0 Å². The number of nitrogens with zero attached hydrogens (tertiary/aromatic N) is 1. The topological polar surface area (TPSA) is 108 Å². The summed E-state index contributed by atoms with van der Waals surface area (Å²) in [6.45, 7) is 6.14. The van der Waals surface area contributed by atoms with Crippen LogP contribution in [0.3, 0.4) is 0 Å². The van der Waals surface area contributed by atoms with Gasteiger partial charge in [-0.2, -0.15) is 0 Å². The Hall–Kier alpha value is -2.74. The van der Waals surface area contributed by atoms with E-state index in [-0.39, 0.29) is 24.2 Å². The second-order valence-electron chi connectivity index (χ2n) is 8.53. The quantitative estimate of drug-likeness (QED) is 0.666. The Bertz CT molecular complexity index is 879. The lowest BCUT2D eigenvalue weighted by molar-refractivity contribution is -0.136. The number of fused-ring (bicyclic) bond motifs is 1. The highest BCUT2D eigenvalue weighted by Crippen LogP contribution is 2.30. The van der Waals surface area contributed by atoms with Crippen LogP contribution in [-0.4, -0.2) is 53.7 Å². The van der Waals surface area contributed by atoms with E-state index in [9.17, 15) is 19.2 Å². The molecule has 8 nitrogen and oxygen atoms in total. The Morgan fingerprint density at radius 2 is 1.89 bits per heavy atom. The van der Waals surface area contributed by atoms with E-state index in [1.54, 1.807) is 18.2 Å². The predicted molar refractivity (Wildman–Crippen MR) is 102 cm³/mol. The molecule has 3 heterocycles. The summed E-state index contributed by atoms with van der Waals surface area (Å²) in [5.74, 6) is -1.95. The van der Waals surface area contributed by atoms with Gasteiger partial charge in [0.25, 0.3) is 11.8 Å². The number of anilines is 1. The van der Waals surface area contributed by atoms with E-state index in [0.29, 0.717) is 17.2 Å². The third-order valence-corrected chi connectivity index (χ3v) is 5.66. The van der Waals surface area contributed by atoms with E-state index in [0.717, 1.165) is 30.1 Å². The molecule has 0 aromatic heterocycles. The van der Waals surface area contributed by atoms with Gasteiger partial charge >= 0.3 is 0 Å². The largest absolute Gasteiger partial charge is 0.383 e. The van der Waals surface area contributed by atoms with Crippen LogP contribution in [0, 0.1) is 5.41 Å². The van der Waals surface area contributed by atoms with Crippen LogP contribution in [0.1, 0.15) is 53.8 Å². The minimum atomic E-state index is -0.938. The molecule has 148 valence electrons. The first kappa shape index (κ1) is 18.6. The number of hydrogen-bond acceptors (Lipinski definition) is 6. The van der Waals surface area contributed by atoms with Gasteiger partial charge in [-0.3, -0.25) is 29.4 Å². The molecular weight excluding hydrogens is 360 g/mol. The number of hydrogen-bond donors (Lipinski definition) is 3. The molecular formula is C20H24N4O4. The van der Waals surface area contributed by atoms with Crippen LogP contribution < -0.4 is 16.0 Å². The molecule has 0 bridgehead atoms. The Balaban J connectivity index is 1.48. The van der Waals surface area contributed by atoms with Gasteiger partial charge in [0.2, 0.25) is 11.8 Å². The van der Waals surface area contributed by atoms with Crippen molar-refractivity contribution in [2.45, 2.75) is 45.2 Å². The van der Waals surface area contributed by atoms with Crippen molar-refractivity contribution >= 4 is 29.3 Å². The van der Waals surface area contributed by atoms with Crippen LogP contribution >= 0.6 is 0 Å². The molecule has 4 rings (SSSR count). The van der Waals surface area contributed by atoms with Gasteiger partial charge in [-0.05, 0) is 36.5 Å². The lowest BCUT2D eigenvalue weighted by Crippen LogP contribution is -2.54. The standard InChI is InChI=1S/C20H24N4O4/c1-20(2)8-12(22-10-20)9-21-11-3-4-13-14(7-11)19(28)24(18(13)27)15-5-6-16(25)23-17(15)26/h3-4,7,12,15,21-22H,5-6,8-10H2,1-2H3,(H,23,25,26). The Kier molecular flexibility index (Phi) is 4.45. The molecule has 2 unspecified atom stereocenters. The fraction of sp³-hybridized carbons (Fsp3) is 0.500. The van der Waals surface area contributed by atoms with Crippen molar-refractivity contribution in [2.75, 3.05) is 18.4 Å². The number of imide groups is 2. The molecule has 3 aliphatic heterocycles. The van der Waals surface area contributed by atoms with Gasteiger partial charge in [-0.25, -0.2) is 0 Å². The number of rotatable bonds is 4. The smallest absolute Gasteiger partial charge is 0.262 e. The van der Waals surface area contributed by atoms with Crippen LogP contribution in [0.25, 0.3) is 0 Å². The number of carbonyl (C=O) groups excluding carboxylic acids is 4. The van der Waals surface area contributed by atoms with Gasteiger partial charge in [0, 0.05) is 31.2 Å². The molecule has 0 radical (unpaired) electrons. The molecule has 0 aliphatic carbocycles. The summed E-state index contributed by atoms with van der Waals surface area (Å²) in [6.07, 6.45) is 1.33. The molecule has 2 saturated heterocycles. The minimum Gasteiger partial charge on any atom is -0.383 e.